The van der Waals surface area contributed by atoms with Gasteiger partial charge in [0.25, 0.3) is 5.56 Å². The van der Waals surface area contributed by atoms with Gasteiger partial charge in [0.1, 0.15) is 10.7 Å². The number of hydrogen-bond acceptors (Lipinski definition) is 5. The Labute approximate surface area is 171 Å². The number of sulfonamides is 1. The predicted octanol–water partition coefficient (Wildman–Crippen LogP) is 0.760. The lowest BCUT2D eigenvalue weighted by Crippen LogP contribution is -2.39. The van der Waals surface area contributed by atoms with Crippen LogP contribution >= 0.6 is 0 Å². The van der Waals surface area contributed by atoms with Crippen LogP contribution in [0.3, 0.4) is 0 Å². The number of benzene rings is 1. The first-order valence-corrected chi connectivity index (χ1v) is 10.9. The van der Waals surface area contributed by atoms with Crippen LogP contribution < -0.4 is 16.0 Å². The third kappa shape index (κ3) is 3.37. The van der Waals surface area contributed by atoms with Crippen molar-refractivity contribution < 1.29 is 12.8 Å². The molecule has 1 aliphatic rings. The normalized spacial score (nSPS) is 15.6. The summed E-state index contributed by atoms with van der Waals surface area (Å²) in [4.78, 5) is 24.9. The van der Waals surface area contributed by atoms with Crippen LogP contribution in [-0.2, 0) is 30.7 Å². The van der Waals surface area contributed by atoms with Gasteiger partial charge in [-0.25, -0.2) is 22.3 Å². The lowest BCUT2D eigenvalue weighted by atomic mass is 10.2. The third-order valence-corrected chi connectivity index (χ3v) is 7.14. The molecule has 1 N–H and O–H groups in total. The van der Waals surface area contributed by atoms with Gasteiger partial charge in [-0.15, -0.1) is 0 Å². The molecule has 4 rings (SSSR count). The van der Waals surface area contributed by atoms with Gasteiger partial charge in [0, 0.05) is 19.6 Å². The van der Waals surface area contributed by atoms with E-state index in [1.54, 1.807) is 31.6 Å². The van der Waals surface area contributed by atoms with Gasteiger partial charge in [0.05, 0.1) is 28.8 Å². The molecule has 30 heavy (non-hydrogen) atoms. The molecule has 0 bridgehead atoms. The zero-order chi connectivity index (χ0) is 22.0. The molecule has 0 atom stereocenters. The Balaban J connectivity index is 1.94. The minimum Gasteiger partial charge on any atom is -0.287 e. The summed E-state index contributed by atoms with van der Waals surface area (Å²) in [7, 11) is -1.15. The number of fused-ring (bicyclic) bond motifs is 1. The van der Waals surface area contributed by atoms with E-state index in [0.29, 0.717) is 18.5 Å². The topological polar surface area (TPSA) is 108 Å². The molecule has 160 valence electrons. The highest BCUT2D eigenvalue weighted by Gasteiger charge is 2.42. The van der Waals surface area contributed by atoms with E-state index >= 15 is 0 Å². The Morgan fingerprint density at radius 1 is 1.20 bits per heavy atom. The molecular formula is C19H22FN5O4S. The summed E-state index contributed by atoms with van der Waals surface area (Å²) in [5, 5.41) is 4.18. The van der Waals surface area contributed by atoms with E-state index in [4.69, 9.17) is 0 Å². The minimum absolute atomic E-state index is 0.0241. The van der Waals surface area contributed by atoms with E-state index in [-0.39, 0.29) is 17.4 Å². The molecule has 1 saturated carbocycles. The van der Waals surface area contributed by atoms with E-state index in [1.165, 1.54) is 11.6 Å². The number of hydrogen-bond donors (Lipinski definition) is 1. The highest BCUT2D eigenvalue weighted by atomic mass is 32.2. The van der Waals surface area contributed by atoms with Crippen LogP contribution in [0.25, 0.3) is 10.9 Å². The van der Waals surface area contributed by atoms with Crippen molar-refractivity contribution >= 4 is 20.9 Å². The maximum Gasteiger partial charge on any atom is 0.331 e. The van der Waals surface area contributed by atoms with Gasteiger partial charge in [0.15, 0.2) is 0 Å². The average molecular weight is 435 g/mol. The van der Waals surface area contributed by atoms with Crippen LogP contribution in [0, 0.1) is 12.7 Å². The van der Waals surface area contributed by atoms with E-state index in [2.05, 4.69) is 9.82 Å². The van der Waals surface area contributed by atoms with Crippen LogP contribution in [-0.4, -0.2) is 32.9 Å². The average Bonchev–Trinajstić information content (AvgIpc) is 3.27. The maximum absolute atomic E-state index is 14.9. The first-order chi connectivity index (χ1) is 13.9. The Morgan fingerprint density at radius 3 is 2.43 bits per heavy atom. The lowest BCUT2D eigenvalue weighted by Gasteiger charge is -2.16. The summed E-state index contributed by atoms with van der Waals surface area (Å²) >= 11 is 0. The molecule has 0 amide bonds. The van der Waals surface area contributed by atoms with Gasteiger partial charge in [0.2, 0.25) is 10.0 Å². The van der Waals surface area contributed by atoms with Gasteiger partial charge in [-0.2, -0.15) is 5.10 Å². The van der Waals surface area contributed by atoms with E-state index in [0.717, 1.165) is 22.4 Å². The molecule has 0 radical (unpaired) electrons. The molecule has 2 aromatic heterocycles. The number of aromatic nitrogens is 4. The summed E-state index contributed by atoms with van der Waals surface area (Å²) in [5.41, 5.74) is -0.479. The number of nitrogens with zero attached hydrogens (tertiary/aromatic N) is 4. The van der Waals surface area contributed by atoms with Crippen molar-refractivity contribution in [3.63, 3.8) is 0 Å². The monoisotopic (exact) mass is 435 g/mol. The Hall–Kier alpha value is -2.79. The van der Waals surface area contributed by atoms with Crippen molar-refractivity contribution in [1.29, 1.82) is 0 Å². The van der Waals surface area contributed by atoms with Gasteiger partial charge >= 0.3 is 5.69 Å². The molecule has 0 saturated heterocycles. The van der Waals surface area contributed by atoms with Crippen molar-refractivity contribution in [2.24, 2.45) is 14.1 Å². The Bertz CT molecular complexity index is 1410. The molecule has 2 heterocycles. The molecule has 1 aliphatic carbocycles. The van der Waals surface area contributed by atoms with Crippen molar-refractivity contribution in [1.82, 2.24) is 23.6 Å². The number of halogens is 1. The zero-order valence-corrected chi connectivity index (χ0v) is 17.9. The van der Waals surface area contributed by atoms with Crippen LogP contribution in [0.15, 0.2) is 32.7 Å². The van der Waals surface area contributed by atoms with Gasteiger partial charge < -0.3 is 0 Å². The second-order valence-corrected chi connectivity index (χ2v) is 9.75. The molecule has 0 aliphatic heterocycles. The molecule has 1 fully saturated rings. The van der Waals surface area contributed by atoms with Gasteiger partial charge in [-0.05, 0) is 44.9 Å². The molecule has 0 unspecified atom stereocenters. The zero-order valence-electron chi connectivity index (χ0n) is 17.1. The minimum atomic E-state index is -4.17. The summed E-state index contributed by atoms with van der Waals surface area (Å²) < 4.78 is 46.5. The second kappa shape index (κ2) is 6.61. The first kappa shape index (κ1) is 20.5. The quantitative estimate of drug-likeness (QED) is 0.637. The van der Waals surface area contributed by atoms with E-state index < -0.39 is 37.5 Å². The number of rotatable bonds is 5. The summed E-state index contributed by atoms with van der Waals surface area (Å²) in [6, 6.07) is 3.72. The molecule has 1 aromatic carbocycles. The number of nitrogens with one attached hydrogen (secondary N) is 1. The third-order valence-electron chi connectivity index (χ3n) is 5.48. The summed E-state index contributed by atoms with van der Waals surface area (Å²) in [6.45, 7) is 3.58. The number of aryl methyl sites for hydroxylation is 2. The highest BCUT2D eigenvalue weighted by Crippen LogP contribution is 2.36. The van der Waals surface area contributed by atoms with E-state index in [9.17, 15) is 22.4 Å². The molecular weight excluding hydrogens is 413 g/mol. The smallest absolute Gasteiger partial charge is 0.287 e. The largest absolute Gasteiger partial charge is 0.331 e. The van der Waals surface area contributed by atoms with Crippen molar-refractivity contribution in [2.75, 3.05) is 0 Å². The lowest BCUT2D eigenvalue weighted by molar-refractivity contribution is 0.540. The maximum atomic E-state index is 14.9. The van der Waals surface area contributed by atoms with Crippen LogP contribution in [0.2, 0.25) is 0 Å². The fourth-order valence-corrected chi connectivity index (χ4v) is 5.04. The van der Waals surface area contributed by atoms with Gasteiger partial charge in [-0.1, -0.05) is 0 Å². The van der Waals surface area contributed by atoms with Crippen molar-refractivity contribution in [3.05, 3.63) is 56.2 Å². The van der Waals surface area contributed by atoms with Crippen molar-refractivity contribution in [2.45, 2.75) is 43.7 Å². The molecule has 3 aromatic rings. The van der Waals surface area contributed by atoms with Crippen LogP contribution in [0.1, 0.15) is 31.2 Å². The molecule has 9 nitrogen and oxygen atoms in total. The van der Waals surface area contributed by atoms with E-state index in [1.807, 2.05) is 0 Å². The Morgan fingerprint density at radius 2 is 1.87 bits per heavy atom. The van der Waals surface area contributed by atoms with Crippen LogP contribution in [0.4, 0.5) is 4.39 Å². The predicted molar refractivity (Wildman–Crippen MR) is 108 cm³/mol. The summed E-state index contributed by atoms with van der Waals surface area (Å²) in [6.07, 6.45) is 1.32. The van der Waals surface area contributed by atoms with Gasteiger partial charge in [-0.3, -0.25) is 18.6 Å². The second-order valence-electron chi connectivity index (χ2n) is 8.10. The molecule has 11 heteroatoms. The standard InChI is InChI=1S/C19H22FN5O4S/c1-11-7-12(24(4)21-11)10-25-15-9-14(20)16(30(28,29)22-19(2)5-6-19)8-13(15)17(26)23(3)18(25)27/h7-9,22H,5-6,10H2,1-4H3. The SMILES string of the molecule is Cc1cc(Cn2c(=O)n(C)c(=O)c3cc(S(=O)(=O)NC4(C)CC4)c(F)cc32)n(C)n1. The Kier molecular flexibility index (Phi) is 4.51. The first-order valence-electron chi connectivity index (χ1n) is 9.38. The summed E-state index contributed by atoms with van der Waals surface area (Å²) in [5.74, 6) is -1.03. The fourth-order valence-electron chi connectivity index (χ4n) is 3.49. The molecule has 0 spiro atoms. The fraction of sp³-hybridized carbons (Fsp3) is 0.421. The van der Waals surface area contributed by atoms with Crippen molar-refractivity contribution in [3.8, 4) is 0 Å². The van der Waals surface area contributed by atoms with Crippen LogP contribution in [0.5, 0.6) is 0 Å². The highest BCUT2D eigenvalue weighted by molar-refractivity contribution is 7.89.